The van der Waals surface area contributed by atoms with Crippen molar-refractivity contribution in [2.45, 2.75) is 26.8 Å². The number of carbonyl (C=O) groups is 1. The zero-order valence-electron chi connectivity index (χ0n) is 16.6. The molecule has 146 valence electrons. The van der Waals surface area contributed by atoms with Crippen molar-refractivity contribution in [2.24, 2.45) is 0 Å². The molecule has 3 aromatic rings. The Morgan fingerprint density at radius 1 is 1.14 bits per heavy atom. The van der Waals surface area contributed by atoms with Crippen LogP contribution in [-0.4, -0.2) is 10.5 Å². The van der Waals surface area contributed by atoms with E-state index in [-0.39, 0.29) is 17.4 Å². The molecule has 0 aliphatic carbocycles. The van der Waals surface area contributed by atoms with E-state index in [0.29, 0.717) is 0 Å². The normalized spacial score (nSPS) is 12.3. The van der Waals surface area contributed by atoms with Gasteiger partial charge in [0.15, 0.2) is 0 Å². The SMILES string of the molecule is Cc1cc(/C=C(\C#N)C(=O)N[C@H](C)c2ccccc2)c(C)n1-c1ccc(F)cc1. The smallest absolute Gasteiger partial charge is 0.262 e. The van der Waals surface area contributed by atoms with Gasteiger partial charge in [-0.1, -0.05) is 30.3 Å². The number of halogens is 1. The van der Waals surface area contributed by atoms with Gasteiger partial charge < -0.3 is 9.88 Å². The molecule has 0 fully saturated rings. The summed E-state index contributed by atoms with van der Waals surface area (Å²) in [4.78, 5) is 12.6. The van der Waals surface area contributed by atoms with Crippen LogP contribution in [0.5, 0.6) is 0 Å². The minimum Gasteiger partial charge on any atom is -0.345 e. The van der Waals surface area contributed by atoms with Crippen molar-refractivity contribution in [3.8, 4) is 11.8 Å². The summed E-state index contributed by atoms with van der Waals surface area (Å²) in [5, 5.41) is 12.4. The molecular formula is C24H22FN3O. The molecule has 1 N–H and O–H groups in total. The zero-order valence-corrected chi connectivity index (χ0v) is 16.6. The second-order valence-electron chi connectivity index (χ2n) is 6.91. The highest BCUT2D eigenvalue weighted by molar-refractivity contribution is 6.02. The summed E-state index contributed by atoms with van der Waals surface area (Å²) in [5.41, 5.74) is 4.38. The van der Waals surface area contributed by atoms with Crippen molar-refractivity contribution >= 4 is 12.0 Å². The summed E-state index contributed by atoms with van der Waals surface area (Å²) in [5.74, 6) is -0.720. The van der Waals surface area contributed by atoms with Gasteiger partial charge in [-0.3, -0.25) is 4.79 Å². The first-order valence-corrected chi connectivity index (χ1v) is 9.33. The number of hydrogen-bond acceptors (Lipinski definition) is 2. The molecule has 0 aliphatic heterocycles. The van der Waals surface area contributed by atoms with E-state index in [1.54, 1.807) is 18.2 Å². The van der Waals surface area contributed by atoms with Gasteiger partial charge in [-0.25, -0.2) is 4.39 Å². The number of aryl methyl sites for hydroxylation is 1. The number of carbonyl (C=O) groups excluding carboxylic acids is 1. The Kier molecular flexibility index (Phi) is 5.94. The van der Waals surface area contributed by atoms with E-state index >= 15 is 0 Å². The number of aromatic nitrogens is 1. The molecule has 0 unspecified atom stereocenters. The number of hydrogen-bond donors (Lipinski definition) is 1. The molecule has 2 aromatic carbocycles. The van der Waals surface area contributed by atoms with Gasteiger partial charge in [0, 0.05) is 17.1 Å². The Morgan fingerprint density at radius 3 is 2.41 bits per heavy atom. The van der Waals surface area contributed by atoms with Gasteiger partial charge >= 0.3 is 0 Å². The van der Waals surface area contributed by atoms with E-state index in [0.717, 1.165) is 28.2 Å². The van der Waals surface area contributed by atoms with Crippen molar-refractivity contribution in [3.63, 3.8) is 0 Å². The lowest BCUT2D eigenvalue weighted by Crippen LogP contribution is -2.27. The Balaban J connectivity index is 1.88. The maximum Gasteiger partial charge on any atom is 0.262 e. The molecule has 0 aliphatic rings. The van der Waals surface area contributed by atoms with E-state index in [4.69, 9.17) is 0 Å². The lowest BCUT2D eigenvalue weighted by molar-refractivity contribution is -0.117. The summed E-state index contributed by atoms with van der Waals surface area (Å²) in [7, 11) is 0. The van der Waals surface area contributed by atoms with Crippen LogP contribution in [0.3, 0.4) is 0 Å². The number of nitriles is 1. The van der Waals surface area contributed by atoms with Crippen molar-refractivity contribution in [3.05, 3.63) is 94.6 Å². The van der Waals surface area contributed by atoms with Crippen LogP contribution in [0, 0.1) is 31.0 Å². The molecular weight excluding hydrogens is 365 g/mol. The quantitative estimate of drug-likeness (QED) is 0.494. The van der Waals surface area contributed by atoms with Gasteiger partial charge in [0.2, 0.25) is 0 Å². The van der Waals surface area contributed by atoms with Gasteiger partial charge in [-0.05, 0) is 68.3 Å². The van der Waals surface area contributed by atoms with Crippen molar-refractivity contribution in [2.75, 3.05) is 0 Å². The number of nitrogens with zero attached hydrogens (tertiary/aromatic N) is 2. The molecule has 0 saturated carbocycles. The predicted molar refractivity (Wildman–Crippen MR) is 112 cm³/mol. The molecule has 4 nitrogen and oxygen atoms in total. The molecule has 29 heavy (non-hydrogen) atoms. The second kappa shape index (κ2) is 8.57. The predicted octanol–water partition coefficient (Wildman–Crippen LogP) is 5.02. The number of rotatable bonds is 5. The molecule has 5 heteroatoms. The van der Waals surface area contributed by atoms with Crippen LogP contribution in [0.4, 0.5) is 4.39 Å². The Labute approximate surface area is 169 Å². The topological polar surface area (TPSA) is 57.8 Å². The standard InChI is InChI=1S/C24H22FN3O/c1-16-13-20(18(3)28(16)23-11-9-22(25)10-12-23)14-21(15-26)24(29)27-17(2)19-7-5-4-6-8-19/h4-14,17H,1-3H3,(H,27,29)/b21-14+/t17-/m1/s1. The maximum absolute atomic E-state index is 13.2. The molecule has 1 heterocycles. The molecule has 1 atom stereocenters. The zero-order chi connectivity index (χ0) is 21.0. The fraction of sp³-hybridized carbons (Fsp3) is 0.167. The van der Waals surface area contributed by atoms with Gasteiger partial charge in [0.05, 0.1) is 6.04 Å². The number of nitrogens with one attached hydrogen (secondary N) is 1. The van der Waals surface area contributed by atoms with Gasteiger partial charge in [-0.15, -0.1) is 0 Å². The lowest BCUT2D eigenvalue weighted by atomic mass is 10.1. The number of benzene rings is 2. The number of amides is 1. The summed E-state index contributed by atoms with van der Waals surface area (Å²) in [6.07, 6.45) is 1.59. The van der Waals surface area contributed by atoms with Gasteiger partial charge in [-0.2, -0.15) is 5.26 Å². The maximum atomic E-state index is 13.2. The van der Waals surface area contributed by atoms with E-state index < -0.39 is 5.91 Å². The summed E-state index contributed by atoms with van der Waals surface area (Å²) < 4.78 is 15.2. The average Bonchev–Trinajstić information content (AvgIpc) is 3.00. The highest BCUT2D eigenvalue weighted by Crippen LogP contribution is 2.23. The first-order valence-electron chi connectivity index (χ1n) is 9.33. The van der Waals surface area contributed by atoms with Crippen LogP contribution >= 0.6 is 0 Å². The van der Waals surface area contributed by atoms with Crippen molar-refractivity contribution < 1.29 is 9.18 Å². The third kappa shape index (κ3) is 4.44. The van der Waals surface area contributed by atoms with Crippen molar-refractivity contribution in [1.82, 2.24) is 9.88 Å². The first kappa shape index (κ1) is 20.1. The Morgan fingerprint density at radius 2 is 1.79 bits per heavy atom. The largest absolute Gasteiger partial charge is 0.345 e. The van der Waals surface area contributed by atoms with E-state index in [9.17, 15) is 14.4 Å². The summed E-state index contributed by atoms with van der Waals surface area (Å²) in [6, 6.07) is 19.5. The van der Waals surface area contributed by atoms with Gasteiger partial charge in [0.25, 0.3) is 5.91 Å². The monoisotopic (exact) mass is 387 g/mol. The highest BCUT2D eigenvalue weighted by Gasteiger charge is 2.16. The molecule has 1 aromatic heterocycles. The third-order valence-electron chi connectivity index (χ3n) is 4.87. The highest BCUT2D eigenvalue weighted by atomic mass is 19.1. The fourth-order valence-corrected chi connectivity index (χ4v) is 3.32. The lowest BCUT2D eigenvalue weighted by Gasteiger charge is -2.13. The minimum atomic E-state index is -0.421. The molecule has 0 spiro atoms. The molecule has 0 saturated heterocycles. The fourth-order valence-electron chi connectivity index (χ4n) is 3.32. The van der Waals surface area contributed by atoms with Crippen LogP contribution in [0.1, 0.15) is 35.5 Å². The van der Waals surface area contributed by atoms with E-state index in [2.05, 4.69) is 5.32 Å². The van der Waals surface area contributed by atoms with Crippen LogP contribution in [-0.2, 0) is 4.79 Å². The minimum absolute atomic E-state index is 0.0344. The molecule has 0 bridgehead atoms. The summed E-state index contributed by atoms with van der Waals surface area (Å²) >= 11 is 0. The van der Waals surface area contributed by atoms with Crippen LogP contribution in [0.25, 0.3) is 11.8 Å². The molecule has 3 rings (SSSR count). The van der Waals surface area contributed by atoms with Crippen LogP contribution < -0.4 is 5.32 Å². The summed E-state index contributed by atoms with van der Waals surface area (Å²) in [6.45, 7) is 5.71. The third-order valence-corrected chi connectivity index (χ3v) is 4.87. The molecule has 0 radical (unpaired) electrons. The van der Waals surface area contributed by atoms with Crippen molar-refractivity contribution in [1.29, 1.82) is 5.26 Å². The van der Waals surface area contributed by atoms with E-state index in [1.165, 1.54) is 12.1 Å². The van der Waals surface area contributed by atoms with E-state index in [1.807, 2.05) is 67.8 Å². The average molecular weight is 387 g/mol. The van der Waals surface area contributed by atoms with Crippen LogP contribution in [0.15, 0.2) is 66.2 Å². The van der Waals surface area contributed by atoms with Gasteiger partial charge in [0.1, 0.15) is 17.5 Å². The second-order valence-corrected chi connectivity index (χ2v) is 6.91. The molecule has 1 amide bonds. The first-order chi connectivity index (χ1) is 13.9. The Bertz CT molecular complexity index is 1090. The van der Waals surface area contributed by atoms with Crippen LogP contribution in [0.2, 0.25) is 0 Å². The Hall–Kier alpha value is -3.65.